The van der Waals surface area contributed by atoms with Crippen LogP contribution in [0.1, 0.15) is 25.8 Å². The van der Waals surface area contributed by atoms with Crippen molar-refractivity contribution in [1.29, 1.82) is 0 Å². The summed E-state index contributed by atoms with van der Waals surface area (Å²) < 4.78 is 38.0. The van der Waals surface area contributed by atoms with Gasteiger partial charge in [0.2, 0.25) is 5.95 Å². The minimum atomic E-state index is -4.42. The number of rotatable bonds is 4. The van der Waals surface area contributed by atoms with Gasteiger partial charge < -0.3 is 4.90 Å². The number of amidine groups is 1. The topological polar surface area (TPSA) is 57.0 Å². The van der Waals surface area contributed by atoms with E-state index in [-0.39, 0.29) is 6.04 Å². The van der Waals surface area contributed by atoms with Crippen LogP contribution in [0, 0.1) is 0 Å². The number of aromatic nitrogens is 2. The van der Waals surface area contributed by atoms with Crippen molar-refractivity contribution in [2.75, 3.05) is 38.1 Å². The van der Waals surface area contributed by atoms with E-state index in [0.717, 1.165) is 49.0 Å². The predicted molar refractivity (Wildman–Crippen MR) is 109 cm³/mol. The van der Waals surface area contributed by atoms with Crippen molar-refractivity contribution >= 4 is 17.5 Å². The molecule has 0 aliphatic carbocycles. The van der Waals surface area contributed by atoms with Crippen LogP contribution < -0.4 is 4.90 Å². The number of alkyl halides is 3. The van der Waals surface area contributed by atoms with Gasteiger partial charge in [-0.15, -0.1) is 0 Å². The fourth-order valence-corrected chi connectivity index (χ4v) is 3.39. The van der Waals surface area contributed by atoms with Crippen molar-refractivity contribution in [2.45, 2.75) is 32.5 Å². The van der Waals surface area contributed by atoms with E-state index in [9.17, 15) is 13.2 Å². The second-order valence-electron chi connectivity index (χ2n) is 6.95. The minimum Gasteiger partial charge on any atom is -0.338 e. The third-order valence-corrected chi connectivity index (χ3v) is 5.10. The van der Waals surface area contributed by atoms with Crippen LogP contribution in [0.5, 0.6) is 0 Å². The average Bonchev–Trinajstić information content (AvgIpc) is 2.73. The summed E-state index contributed by atoms with van der Waals surface area (Å²) >= 11 is 0. The molecule has 1 unspecified atom stereocenters. The van der Waals surface area contributed by atoms with Crippen LogP contribution in [0.15, 0.2) is 46.2 Å². The molecule has 2 aliphatic heterocycles. The highest BCUT2D eigenvalue weighted by Gasteiger charge is 2.32. The molecule has 0 spiro atoms. The first kappa shape index (κ1) is 21.2. The molecule has 0 aromatic carbocycles. The third-order valence-electron chi connectivity index (χ3n) is 5.10. The zero-order chi connectivity index (χ0) is 21.0. The molecule has 0 N–H and O–H groups in total. The third kappa shape index (κ3) is 4.90. The molecule has 2 aliphatic rings. The molecule has 0 amide bonds. The number of hydrogen-bond donors (Lipinski definition) is 0. The summed E-state index contributed by atoms with van der Waals surface area (Å²) in [5, 5.41) is 0. The number of allylic oxidation sites excluding steroid dienone is 1. The van der Waals surface area contributed by atoms with Crippen LogP contribution >= 0.6 is 0 Å². The van der Waals surface area contributed by atoms with Gasteiger partial charge in [-0.05, 0) is 25.5 Å². The molecule has 0 radical (unpaired) electrons. The molecule has 1 fully saturated rings. The Bertz CT molecular complexity index is 831. The Balaban J connectivity index is 1.62. The van der Waals surface area contributed by atoms with E-state index >= 15 is 0 Å². The van der Waals surface area contributed by atoms with Gasteiger partial charge in [0, 0.05) is 57.2 Å². The highest BCUT2D eigenvalue weighted by atomic mass is 19.4. The van der Waals surface area contributed by atoms with E-state index in [1.807, 2.05) is 11.0 Å². The fraction of sp³-hybridized carbons (Fsp3) is 0.500. The Morgan fingerprint density at radius 3 is 2.34 bits per heavy atom. The smallest absolute Gasteiger partial charge is 0.338 e. The van der Waals surface area contributed by atoms with Gasteiger partial charge in [0.05, 0.1) is 11.3 Å². The number of hydrogen-bond acceptors (Lipinski definition) is 5. The number of dihydropyridines is 1. The van der Waals surface area contributed by atoms with E-state index in [1.54, 1.807) is 7.05 Å². The molecule has 1 atom stereocenters. The van der Waals surface area contributed by atoms with Crippen LogP contribution in [0.4, 0.5) is 19.1 Å². The largest absolute Gasteiger partial charge is 0.419 e. The number of piperazine rings is 1. The van der Waals surface area contributed by atoms with E-state index < -0.39 is 11.7 Å². The minimum absolute atomic E-state index is 0.113. The second-order valence-corrected chi connectivity index (χ2v) is 6.95. The van der Waals surface area contributed by atoms with Crippen molar-refractivity contribution in [3.05, 3.63) is 41.8 Å². The Morgan fingerprint density at radius 1 is 1.14 bits per heavy atom. The van der Waals surface area contributed by atoms with E-state index in [2.05, 4.69) is 45.9 Å². The molecule has 3 rings (SSSR count). The van der Waals surface area contributed by atoms with Gasteiger partial charge in [-0.3, -0.25) is 9.89 Å². The zero-order valence-corrected chi connectivity index (χ0v) is 16.8. The summed E-state index contributed by atoms with van der Waals surface area (Å²) in [6, 6.07) is 0.113. The maximum Gasteiger partial charge on any atom is 0.419 e. The van der Waals surface area contributed by atoms with Crippen molar-refractivity contribution in [1.82, 2.24) is 14.9 Å². The van der Waals surface area contributed by atoms with Gasteiger partial charge in [0.25, 0.3) is 0 Å². The quantitative estimate of drug-likeness (QED) is 0.769. The fourth-order valence-electron chi connectivity index (χ4n) is 3.39. The zero-order valence-electron chi connectivity index (χ0n) is 16.8. The van der Waals surface area contributed by atoms with Crippen LogP contribution in [-0.4, -0.2) is 65.7 Å². The molecule has 29 heavy (non-hydrogen) atoms. The first-order valence-electron chi connectivity index (χ1n) is 9.65. The molecule has 156 valence electrons. The monoisotopic (exact) mass is 406 g/mol. The molecular weight excluding hydrogens is 381 g/mol. The average molecular weight is 406 g/mol. The molecule has 1 saturated heterocycles. The molecule has 6 nitrogen and oxygen atoms in total. The molecule has 1 aromatic heterocycles. The Kier molecular flexibility index (Phi) is 6.46. The lowest BCUT2D eigenvalue weighted by Crippen LogP contribution is -2.52. The van der Waals surface area contributed by atoms with Gasteiger partial charge in [0.1, 0.15) is 0 Å². The van der Waals surface area contributed by atoms with Gasteiger partial charge >= 0.3 is 6.18 Å². The maximum atomic E-state index is 12.7. The Morgan fingerprint density at radius 2 is 1.79 bits per heavy atom. The molecule has 3 heterocycles. The first-order valence-corrected chi connectivity index (χ1v) is 9.65. The van der Waals surface area contributed by atoms with Gasteiger partial charge in [-0.1, -0.05) is 13.0 Å². The van der Waals surface area contributed by atoms with E-state index in [4.69, 9.17) is 4.99 Å². The number of aliphatic imine (C=N–C) groups is 2. The standard InChI is InChI=1S/C20H25F3N6/c1-4-5-15-6-7-17(27-18(15)24-3)14(2)28-8-10-29(11-9-28)19-25-12-16(13-26-19)20(21,22)23/h5-7,12-14H,4,8-11H2,1-3H3/b15-5-,24-18?. The van der Waals surface area contributed by atoms with Crippen LogP contribution in [0.25, 0.3) is 0 Å². The lowest BCUT2D eigenvalue weighted by atomic mass is 10.0. The van der Waals surface area contributed by atoms with Crippen LogP contribution in [0.3, 0.4) is 0 Å². The molecule has 1 aromatic rings. The predicted octanol–water partition coefficient (Wildman–Crippen LogP) is 3.38. The number of anilines is 1. The Labute approximate surface area is 168 Å². The summed E-state index contributed by atoms with van der Waals surface area (Å²) in [5.74, 6) is 1.07. The van der Waals surface area contributed by atoms with E-state index in [1.165, 1.54) is 0 Å². The second kappa shape index (κ2) is 8.86. The van der Waals surface area contributed by atoms with Gasteiger partial charge in [0.15, 0.2) is 5.84 Å². The SMILES string of the molecule is CC/C=C1/C=CC(C(C)N2CCN(c3ncc(C(F)(F)F)cn3)CC2)=NC1=NC. The molecule has 0 saturated carbocycles. The molecule has 0 bridgehead atoms. The molecular formula is C20H25F3N6. The highest BCUT2D eigenvalue weighted by Crippen LogP contribution is 2.28. The summed E-state index contributed by atoms with van der Waals surface area (Å²) in [5.41, 5.74) is 1.16. The normalized spacial score (nSPS) is 22.3. The van der Waals surface area contributed by atoms with E-state index in [0.29, 0.717) is 19.0 Å². The summed E-state index contributed by atoms with van der Waals surface area (Å²) in [7, 11) is 1.74. The Hall–Kier alpha value is -2.55. The summed E-state index contributed by atoms with van der Waals surface area (Å²) in [4.78, 5) is 21.0. The van der Waals surface area contributed by atoms with Crippen molar-refractivity contribution in [2.24, 2.45) is 9.98 Å². The van der Waals surface area contributed by atoms with Gasteiger partial charge in [-0.2, -0.15) is 13.2 Å². The van der Waals surface area contributed by atoms with Crippen molar-refractivity contribution < 1.29 is 13.2 Å². The highest BCUT2D eigenvalue weighted by molar-refractivity contribution is 6.16. The number of nitrogens with zero attached hydrogens (tertiary/aromatic N) is 6. The van der Waals surface area contributed by atoms with Crippen LogP contribution in [0.2, 0.25) is 0 Å². The van der Waals surface area contributed by atoms with Crippen molar-refractivity contribution in [3.8, 4) is 0 Å². The van der Waals surface area contributed by atoms with Crippen molar-refractivity contribution in [3.63, 3.8) is 0 Å². The maximum absolute atomic E-state index is 12.7. The molecule has 9 heteroatoms. The van der Waals surface area contributed by atoms with Gasteiger partial charge in [-0.25, -0.2) is 15.0 Å². The number of halogens is 3. The first-order chi connectivity index (χ1) is 13.8. The van der Waals surface area contributed by atoms with Crippen LogP contribution in [-0.2, 0) is 6.18 Å². The summed E-state index contributed by atoms with van der Waals surface area (Å²) in [6.45, 7) is 6.96. The lowest BCUT2D eigenvalue weighted by Gasteiger charge is -2.38. The summed E-state index contributed by atoms with van der Waals surface area (Å²) in [6.07, 6.45) is 4.37. The lowest BCUT2D eigenvalue weighted by molar-refractivity contribution is -0.138.